The fourth-order valence-electron chi connectivity index (χ4n) is 3.10. The van der Waals surface area contributed by atoms with E-state index in [0.717, 1.165) is 15.0 Å². The molecule has 0 saturated carbocycles. The number of imidazole rings is 1. The molecule has 2 aromatic carbocycles. The Hall–Kier alpha value is -2.72. The number of thiophene rings is 1. The molecule has 1 atom stereocenters. The highest BCUT2D eigenvalue weighted by Crippen LogP contribution is 2.33. The van der Waals surface area contributed by atoms with Crippen molar-refractivity contribution in [2.24, 2.45) is 0 Å². The summed E-state index contributed by atoms with van der Waals surface area (Å²) in [5.74, 6) is -0.304. The average Bonchev–Trinajstić information content (AvgIpc) is 3.31. The first-order valence-corrected chi connectivity index (χ1v) is 10.5. The van der Waals surface area contributed by atoms with Gasteiger partial charge in [-0.3, -0.25) is 0 Å². The maximum absolute atomic E-state index is 13.5. The second-order valence-electron chi connectivity index (χ2n) is 6.54. The standard InChI is InChI=1S/C20H14Cl2FN3O4S/c21-13-1-3-16(17(22)9-13)18(10-25-6-5-24-20(25)30-26(27)28)29-11-15-8-12-7-14(23)2-4-19(12)31-15/h1-9,18H,10-11H2. The number of hydrogen-bond donors (Lipinski definition) is 0. The molecule has 0 fully saturated rings. The molecule has 0 bridgehead atoms. The largest absolute Gasteiger partial charge is 0.366 e. The SMILES string of the molecule is O=[N+]([O-])Oc1nccn1CC(OCc1cc2cc(F)ccc2s1)c1ccc(Cl)cc1Cl. The molecule has 0 spiro atoms. The number of benzene rings is 2. The summed E-state index contributed by atoms with van der Waals surface area (Å²) in [6, 6.07) is 11.3. The predicted molar refractivity (Wildman–Crippen MR) is 116 cm³/mol. The summed E-state index contributed by atoms with van der Waals surface area (Å²) >= 11 is 13.9. The summed E-state index contributed by atoms with van der Waals surface area (Å²) in [4.78, 5) is 20.0. The van der Waals surface area contributed by atoms with Crippen LogP contribution in [0.25, 0.3) is 10.1 Å². The number of halogens is 3. The van der Waals surface area contributed by atoms with E-state index in [9.17, 15) is 14.5 Å². The highest BCUT2D eigenvalue weighted by molar-refractivity contribution is 7.19. The maximum Gasteiger partial charge on any atom is 0.302 e. The molecular formula is C20H14Cl2FN3O4S. The fourth-order valence-corrected chi connectivity index (χ4v) is 4.60. The molecule has 4 rings (SSSR count). The van der Waals surface area contributed by atoms with Crippen molar-refractivity contribution in [1.82, 2.24) is 9.55 Å². The third-order valence-corrected chi connectivity index (χ3v) is 6.11. The zero-order chi connectivity index (χ0) is 22.0. The van der Waals surface area contributed by atoms with Crippen molar-refractivity contribution in [2.45, 2.75) is 19.3 Å². The molecule has 4 aromatic rings. The van der Waals surface area contributed by atoms with Crippen LogP contribution in [0.5, 0.6) is 6.01 Å². The Bertz CT molecular complexity index is 1250. The number of rotatable bonds is 8. The third kappa shape index (κ3) is 5.13. The zero-order valence-electron chi connectivity index (χ0n) is 15.7. The van der Waals surface area contributed by atoms with Gasteiger partial charge in [-0.2, -0.15) is 0 Å². The van der Waals surface area contributed by atoms with E-state index < -0.39 is 11.2 Å². The molecule has 0 amide bonds. The molecule has 0 aliphatic heterocycles. The van der Waals surface area contributed by atoms with Crippen LogP contribution >= 0.6 is 34.5 Å². The molecule has 31 heavy (non-hydrogen) atoms. The molecular weight excluding hydrogens is 468 g/mol. The molecule has 0 saturated heterocycles. The first kappa shape index (κ1) is 21.5. The number of aromatic nitrogens is 2. The van der Waals surface area contributed by atoms with Crippen LogP contribution in [0.4, 0.5) is 4.39 Å². The molecule has 160 valence electrons. The molecule has 1 unspecified atom stereocenters. The van der Waals surface area contributed by atoms with E-state index in [1.165, 1.54) is 34.2 Å². The van der Waals surface area contributed by atoms with Crippen LogP contribution in [0.2, 0.25) is 10.0 Å². The van der Waals surface area contributed by atoms with Gasteiger partial charge in [0.05, 0.1) is 13.2 Å². The summed E-state index contributed by atoms with van der Waals surface area (Å²) in [6.07, 6.45) is 2.34. The maximum atomic E-state index is 13.5. The second-order valence-corrected chi connectivity index (χ2v) is 8.55. The van der Waals surface area contributed by atoms with Gasteiger partial charge in [0, 0.05) is 37.6 Å². The topological polar surface area (TPSA) is 79.4 Å². The first-order chi connectivity index (χ1) is 14.9. The van der Waals surface area contributed by atoms with Gasteiger partial charge in [0.15, 0.2) is 0 Å². The van der Waals surface area contributed by atoms with E-state index in [4.69, 9.17) is 27.9 Å². The molecule has 0 radical (unpaired) electrons. The molecule has 0 N–H and O–H groups in total. The molecule has 2 aromatic heterocycles. The predicted octanol–water partition coefficient (Wildman–Crippen LogP) is 6.07. The molecule has 0 aliphatic carbocycles. The van der Waals surface area contributed by atoms with Gasteiger partial charge in [-0.25, -0.2) is 14.2 Å². The van der Waals surface area contributed by atoms with Gasteiger partial charge in [-0.05, 0) is 41.8 Å². The van der Waals surface area contributed by atoms with Crippen molar-refractivity contribution in [3.05, 3.63) is 91.3 Å². The summed E-state index contributed by atoms with van der Waals surface area (Å²) in [5, 5.41) is 11.5. The lowest BCUT2D eigenvalue weighted by atomic mass is 10.1. The average molecular weight is 482 g/mol. The molecule has 7 nitrogen and oxygen atoms in total. The van der Waals surface area contributed by atoms with Crippen LogP contribution in [0.1, 0.15) is 16.5 Å². The Morgan fingerprint density at radius 1 is 1.23 bits per heavy atom. The number of hydrogen-bond acceptors (Lipinski definition) is 6. The Labute approximate surface area is 189 Å². The van der Waals surface area contributed by atoms with Gasteiger partial charge in [-0.15, -0.1) is 21.5 Å². The molecule has 0 aliphatic rings. The minimum Gasteiger partial charge on any atom is -0.366 e. The van der Waals surface area contributed by atoms with Crippen LogP contribution < -0.4 is 4.84 Å². The van der Waals surface area contributed by atoms with Gasteiger partial charge in [0.2, 0.25) is 0 Å². The number of nitrogens with zero attached hydrogens (tertiary/aromatic N) is 3. The van der Waals surface area contributed by atoms with Gasteiger partial charge < -0.3 is 9.30 Å². The first-order valence-electron chi connectivity index (χ1n) is 8.97. The van der Waals surface area contributed by atoms with E-state index in [1.54, 1.807) is 30.5 Å². The van der Waals surface area contributed by atoms with Crippen LogP contribution in [0.15, 0.2) is 54.9 Å². The lowest BCUT2D eigenvalue weighted by molar-refractivity contribution is -0.713. The monoisotopic (exact) mass is 481 g/mol. The Kier molecular flexibility index (Phi) is 6.38. The van der Waals surface area contributed by atoms with Crippen molar-refractivity contribution < 1.29 is 19.1 Å². The van der Waals surface area contributed by atoms with Crippen LogP contribution in [-0.2, 0) is 17.9 Å². The van der Waals surface area contributed by atoms with Crippen molar-refractivity contribution in [2.75, 3.05) is 0 Å². The van der Waals surface area contributed by atoms with E-state index >= 15 is 0 Å². The van der Waals surface area contributed by atoms with Gasteiger partial charge >= 0.3 is 5.09 Å². The molecule has 11 heteroatoms. The van der Waals surface area contributed by atoms with Crippen molar-refractivity contribution in [3.63, 3.8) is 0 Å². The van der Waals surface area contributed by atoms with Gasteiger partial charge in [0.25, 0.3) is 6.01 Å². The minimum absolute atomic E-state index is 0.157. The summed E-state index contributed by atoms with van der Waals surface area (Å²) < 4.78 is 22.0. The van der Waals surface area contributed by atoms with E-state index in [1.807, 2.05) is 6.07 Å². The van der Waals surface area contributed by atoms with Crippen molar-refractivity contribution in [3.8, 4) is 6.01 Å². The van der Waals surface area contributed by atoms with Gasteiger partial charge in [-0.1, -0.05) is 29.3 Å². The second kappa shape index (κ2) is 9.19. The Balaban J connectivity index is 1.60. The van der Waals surface area contributed by atoms with Crippen molar-refractivity contribution in [1.29, 1.82) is 0 Å². The quantitative estimate of drug-likeness (QED) is 0.225. The zero-order valence-corrected chi connectivity index (χ0v) is 18.0. The fraction of sp³-hybridized carbons (Fsp3) is 0.150. The smallest absolute Gasteiger partial charge is 0.302 e. The lowest BCUT2D eigenvalue weighted by Crippen LogP contribution is -2.16. The van der Waals surface area contributed by atoms with E-state index in [2.05, 4.69) is 9.82 Å². The number of fused-ring (bicyclic) bond motifs is 1. The highest BCUT2D eigenvalue weighted by atomic mass is 35.5. The minimum atomic E-state index is -0.930. The van der Waals surface area contributed by atoms with Crippen LogP contribution in [0.3, 0.4) is 0 Å². The summed E-state index contributed by atoms with van der Waals surface area (Å²) in [6.45, 7) is 0.384. The Morgan fingerprint density at radius 3 is 2.84 bits per heavy atom. The normalized spacial score (nSPS) is 12.2. The lowest BCUT2D eigenvalue weighted by Gasteiger charge is -2.20. The summed E-state index contributed by atoms with van der Waals surface area (Å²) in [5.41, 5.74) is 0.652. The van der Waals surface area contributed by atoms with Gasteiger partial charge in [0.1, 0.15) is 11.9 Å². The molecule has 2 heterocycles. The van der Waals surface area contributed by atoms with E-state index in [0.29, 0.717) is 15.6 Å². The number of ether oxygens (including phenoxy) is 1. The summed E-state index contributed by atoms with van der Waals surface area (Å²) in [7, 11) is 0. The Morgan fingerprint density at radius 2 is 2.06 bits per heavy atom. The third-order valence-electron chi connectivity index (χ3n) is 4.46. The van der Waals surface area contributed by atoms with Crippen LogP contribution in [-0.4, -0.2) is 14.6 Å². The van der Waals surface area contributed by atoms with Crippen molar-refractivity contribution >= 4 is 44.6 Å². The highest BCUT2D eigenvalue weighted by Gasteiger charge is 2.20. The van der Waals surface area contributed by atoms with E-state index in [-0.39, 0.29) is 25.0 Å². The van der Waals surface area contributed by atoms with Crippen LogP contribution in [0, 0.1) is 15.9 Å².